The fourth-order valence-corrected chi connectivity index (χ4v) is 2.38. The molecule has 2 aromatic carbocycles. The van der Waals surface area contributed by atoms with Gasteiger partial charge >= 0.3 is 0 Å². The zero-order chi connectivity index (χ0) is 15.7. The van der Waals surface area contributed by atoms with Crippen LogP contribution in [-0.4, -0.2) is 14.5 Å². The topological polar surface area (TPSA) is 84.8 Å². The first-order valence-corrected chi connectivity index (χ1v) is 6.67. The van der Waals surface area contributed by atoms with E-state index in [1.54, 1.807) is 18.2 Å². The third kappa shape index (κ3) is 2.40. The van der Waals surface area contributed by atoms with Crippen molar-refractivity contribution in [2.75, 3.05) is 0 Å². The molecule has 0 fully saturated rings. The lowest BCUT2D eigenvalue weighted by molar-refractivity contribution is -0.384. The van der Waals surface area contributed by atoms with Gasteiger partial charge in [0.05, 0.1) is 27.6 Å². The molecule has 0 radical (unpaired) electrons. The standard InChI is InChI=1S/C16H12N4O2/c1-19-15-9-13(20(21)22)6-7-14(15)18-16(19)8-11-2-4-12(10-17)5-3-11/h2-7,9H,8H2,1H3. The van der Waals surface area contributed by atoms with Gasteiger partial charge in [0.25, 0.3) is 5.69 Å². The van der Waals surface area contributed by atoms with Gasteiger partial charge in [-0.25, -0.2) is 4.98 Å². The van der Waals surface area contributed by atoms with Crippen LogP contribution >= 0.6 is 0 Å². The molecule has 6 heteroatoms. The summed E-state index contributed by atoms with van der Waals surface area (Å²) in [5.41, 5.74) is 3.17. The van der Waals surface area contributed by atoms with E-state index in [9.17, 15) is 10.1 Å². The Balaban J connectivity index is 1.98. The Hall–Kier alpha value is -3.20. The molecule has 108 valence electrons. The van der Waals surface area contributed by atoms with E-state index in [4.69, 9.17) is 5.26 Å². The van der Waals surface area contributed by atoms with E-state index in [1.165, 1.54) is 12.1 Å². The molecule has 0 aliphatic carbocycles. The van der Waals surface area contributed by atoms with Crippen LogP contribution in [0.3, 0.4) is 0 Å². The maximum Gasteiger partial charge on any atom is 0.271 e. The first-order chi connectivity index (χ1) is 10.6. The van der Waals surface area contributed by atoms with Crippen LogP contribution < -0.4 is 0 Å². The molecule has 0 aliphatic rings. The third-order valence-corrected chi connectivity index (χ3v) is 3.61. The second kappa shape index (κ2) is 5.30. The molecule has 0 N–H and O–H groups in total. The highest BCUT2D eigenvalue weighted by Gasteiger charge is 2.13. The minimum absolute atomic E-state index is 0.0559. The summed E-state index contributed by atoms with van der Waals surface area (Å²) < 4.78 is 1.86. The summed E-state index contributed by atoms with van der Waals surface area (Å²) in [7, 11) is 1.85. The van der Waals surface area contributed by atoms with E-state index in [-0.39, 0.29) is 5.69 Å². The quantitative estimate of drug-likeness (QED) is 0.548. The lowest BCUT2D eigenvalue weighted by atomic mass is 10.1. The first kappa shape index (κ1) is 13.8. The molecule has 6 nitrogen and oxygen atoms in total. The van der Waals surface area contributed by atoms with Crippen molar-refractivity contribution < 1.29 is 4.92 Å². The molecule has 0 unspecified atom stereocenters. The minimum Gasteiger partial charge on any atom is -0.331 e. The van der Waals surface area contributed by atoms with Gasteiger partial charge in [0.15, 0.2) is 0 Å². The average molecular weight is 292 g/mol. The van der Waals surface area contributed by atoms with Crippen molar-refractivity contribution in [2.24, 2.45) is 7.05 Å². The van der Waals surface area contributed by atoms with Crippen molar-refractivity contribution in [3.05, 3.63) is 69.5 Å². The molecule has 0 aliphatic heterocycles. The van der Waals surface area contributed by atoms with Crippen LogP contribution in [0.1, 0.15) is 17.0 Å². The van der Waals surface area contributed by atoms with E-state index < -0.39 is 4.92 Å². The summed E-state index contributed by atoms with van der Waals surface area (Å²) in [4.78, 5) is 15.0. The molecule has 3 aromatic rings. The predicted octanol–water partition coefficient (Wildman–Crippen LogP) is 2.94. The summed E-state index contributed by atoms with van der Waals surface area (Å²) in [6.45, 7) is 0. The zero-order valence-corrected chi connectivity index (χ0v) is 11.9. The normalized spacial score (nSPS) is 10.5. The monoisotopic (exact) mass is 292 g/mol. The SMILES string of the molecule is Cn1c(Cc2ccc(C#N)cc2)nc2ccc([N+](=O)[O-])cc21. The second-order valence-electron chi connectivity index (χ2n) is 5.00. The van der Waals surface area contributed by atoms with Crippen molar-refractivity contribution in [1.29, 1.82) is 5.26 Å². The molecule has 22 heavy (non-hydrogen) atoms. The van der Waals surface area contributed by atoms with Crippen LogP contribution in [0.4, 0.5) is 5.69 Å². The summed E-state index contributed by atoms with van der Waals surface area (Å²) in [5, 5.41) is 19.7. The van der Waals surface area contributed by atoms with Crippen molar-refractivity contribution >= 4 is 16.7 Å². The zero-order valence-electron chi connectivity index (χ0n) is 11.9. The number of fused-ring (bicyclic) bond motifs is 1. The molecule has 0 amide bonds. The summed E-state index contributed by atoms with van der Waals surface area (Å²) in [6, 6.07) is 14.0. The lowest BCUT2D eigenvalue weighted by Gasteiger charge is -2.03. The van der Waals surface area contributed by atoms with Gasteiger partial charge in [0.2, 0.25) is 0 Å². The second-order valence-corrected chi connectivity index (χ2v) is 5.00. The van der Waals surface area contributed by atoms with Crippen molar-refractivity contribution in [3.8, 4) is 6.07 Å². The maximum atomic E-state index is 10.9. The van der Waals surface area contributed by atoms with Crippen LogP contribution in [0.5, 0.6) is 0 Å². The Kier molecular flexibility index (Phi) is 3.31. The van der Waals surface area contributed by atoms with Crippen LogP contribution in [0, 0.1) is 21.4 Å². The van der Waals surface area contributed by atoms with Gasteiger partial charge in [0.1, 0.15) is 5.82 Å². The number of benzene rings is 2. The highest BCUT2D eigenvalue weighted by molar-refractivity contribution is 5.78. The van der Waals surface area contributed by atoms with Gasteiger partial charge in [-0.2, -0.15) is 5.26 Å². The molecule has 0 saturated heterocycles. The Morgan fingerprint density at radius 1 is 1.27 bits per heavy atom. The minimum atomic E-state index is -0.410. The number of nitro groups is 1. The average Bonchev–Trinajstić information content (AvgIpc) is 2.84. The van der Waals surface area contributed by atoms with E-state index in [2.05, 4.69) is 11.1 Å². The van der Waals surface area contributed by atoms with Crippen LogP contribution in [0.2, 0.25) is 0 Å². The van der Waals surface area contributed by atoms with Gasteiger partial charge in [-0.05, 0) is 23.8 Å². The highest BCUT2D eigenvalue weighted by Crippen LogP contribution is 2.22. The Morgan fingerprint density at radius 3 is 2.64 bits per heavy atom. The number of nitrogens with zero attached hydrogens (tertiary/aromatic N) is 4. The fourth-order valence-electron chi connectivity index (χ4n) is 2.38. The summed E-state index contributed by atoms with van der Waals surface area (Å²) >= 11 is 0. The Morgan fingerprint density at radius 2 is 2.00 bits per heavy atom. The maximum absolute atomic E-state index is 10.9. The van der Waals surface area contributed by atoms with Crippen molar-refractivity contribution in [1.82, 2.24) is 9.55 Å². The fraction of sp³-hybridized carbons (Fsp3) is 0.125. The molecular weight excluding hydrogens is 280 g/mol. The number of hydrogen-bond donors (Lipinski definition) is 0. The molecule has 0 saturated carbocycles. The summed E-state index contributed by atoms with van der Waals surface area (Å²) in [6.07, 6.45) is 0.602. The first-order valence-electron chi connectivity index (χ1n) is 6.67. The van der Waals surface area contributed by atoms with Crippen LogP contribution in [-0.2, 0) is 13.5 Å². The highest BCUT2D eigenvalue weighted by atomic mass is 16.6. The Bertz CT molecular complexity index is 904. The Labute approximate surface area is 126 Å². The largest absolute Gasteiger partial charge is 0.331 e. The van der Waals surface area contributed by atoms with Crippen LogP contribution in [0.15, 0.2) is 42.5 Å². The number of nitriles is 1. The number of aromatic nitrogens is 2. The van der Waals surface area contributed by atoms with Crippen molar-refractivity contribution in [3.63, 3.8) is 0 Å². The van der Waals surface area contributed by atoms with Gasteiger partial charge in [-0.1, -0.05) is 12.1 Å². The number of non-ortho nitro benzene ring substituents is 1. The van der Waals surface area contributed by atoms with Gasteiger partial charge in [-0.3, -0.25) is 10.1 Å². The van der Waals surface area contributed by atoms with Gasteiger partial charge in [-0.15, -0.1) is 0 Å². The molecule has 0 atom stereocenters. The number of imidazole rings is 1. The smallest absolute Gasteiger partial charge is 0.271 e. The van der Waals surface area contributed by atoms with Gasteiger partial charge < -0.3 is 4.57 Å². The van der Waals surface area contributed by atoms with E-state index >= 15 is 0 Å². The molecule has 3 rings (SSSR count). The molecule has 1 aromatic heterocycles. The van der Waals surface area contributed by atoms with Gasteiger partial charge in [0, 0.05) is 25.6 Å². The van der Waals surface area contributed by atoms with E-state index in [0.29, 0.717) is 12.0 Å². The van der Waals surface area contributed by atoms with E-state index in [0.717, 1.165) is 22.4 Å². The van der Waals surface area contributed by atoms with Crippen LogP contribution in [0.25, 0.3) is 11.0 Å². The number of aryl methyl sites for hydroxylation is 1. The van der Waals surface area contributed by atoms with Crippen molar-refractivity contribution in [2.45, 2.75) is 6.42 Å². The number of nitro benzene ring substituents is 1. The molecular formula is C16H12N4O2. The predicted molar refractivity (Wildman–Crippen MR) is 81.3 cm³/mol. The lowest BCUT2D eigenvalue weighted by Crippen LogP contribution is -1.99. The molecule has 0 bridgehead atoms. The molecule has 0 spiro atoms. The third-order valence-electron chi connectivity index (χ3n) is 3.61. The van der Waals surface area contributed by atoms with E-state index in [1.807, 2.05) is 23.7 Å². The number of rotatable bonds is 3. The molecule has 1 heterocycles. The number of hydrogen-bond acceptors (Lipinski definition) is 4. The summed E-state index contributed by atoms with van der Waals surface area (Å²) in [5.74, 6) is 0.820.